The molecule has 2 aliphatic rings. The number of piperidine rings is 1. The second-order valence-corrected chi connectivity index (χ2v) is 8.72. The molecule has 5 heteroatoms. The largest absolute Gasteiger partial charge is 0.493 e. The lowest BCUT2D eigenvalue weighted by molar-refractivity contribution is -0.129. The number of hydrogen-bond donors (Lipinski definition) is 0. The van der Waals surface area contributed by atoms with Gasteiger partial charge in [0.05, 0.1) is 6.61 Å². The molecule has 2 aliphatic heterocycles. The minimum Gasteiger partial charge on any atom is -0.493 e. The van der Waals surface area contributed by atoms with Crippen LogP contribution in [0.4, 0.5) is 0 Å². The summed E-state index contributed by atoms with van der Waals surface area (Å²) >= 11 is 0. The number of benzene rings is 2. The van der Waals surface area contributed by atoms with Gasteiger partial charge in [-0.3, -0.25) is 9.59 Å². The number of nitrogens with zero attached hydrogens (tertiary/aromatic N) is 2. The number of amides is 2. The molecule has 2 amide bonds. The molecule has 2 fully saturated rings. The lowest BCUT2D eigenvalue weighted by atomic mass is 9.78. The van der Waals surface area contributed by atoms with Gasteiger partial charge in [0.15, 0.2) is 0 Å². The number of carbonyl (C=O) groups excluding carboxylic acids is 2. The van der Waals surface area contributed by atoms with Gasteiger partial charge in [-0.2, -0.15) is 0 Å². The Morgan fingerprint density at radius 1 is 0.970 bits per heavy atom. The van der Waals surface area contributed by atoms with Gasteiger partial charge in [0.1, 0.15) is 5.75 Å². The van der Waals surface area contributed by atoms with Crippen molar-refractivity contribution in [2.75, 3.05) is 32.8 Å². The predicted molar refractivity (Wildman–Crippen MR) is 129 cm³/mol. The van der Waals surface area contributed by atoms with Crippen LogP contribution in [0, 0.1) is 17.3 Å². The molecule has 0 saturated carbocycles. The van der Waals surface area contributed by atoms with Crippen LogP contribution in [-0.4, -0.2) is 54.4 Å². The Bertz CT molecular complexity index is 1070. The van der Waals surface area contributed by atoms with E-state index in [2.05, 4.69) is 11.8 Å². The Morgan fingerprint density at radius 2 is 1.64 bits per heavy atom. The smallest absolute Gasteiger partial charge is 0.298 e. The Hall–Kier alpha value is -3.52. The van der Waals surface area contributed by atoms with Crippen LogP contribution in [0.1, 0.15) is 37.3 Å². The Morgan fingerprint density at radius 3 is 2.36 bits per heavy atom. The summed E-state index contributed by atoms with van der Waals surface area (Å²) in [5.41, 5.74) is 1.86. The SMILES string of the molecule is CCOc1ccccc1/C=C/C(=O)N1CCC2(CCN(C(=O)C#Cc3ccccc3)C2)CC1. The van der Waals surface area contributed by atoms with Crippen LogP contribution < -0.4 is 4.74 Å². The first-order valence-electron chi connectivity index (χ1n) is 11.6. The van der Waals surface area contributed by atoms with Crippen LogP contribution in [0.25, 0.3) is 6.08 Å². The Labute approximate surface area is 196 Å². The average Bonchev–Trinajstić information content (AvgIpc) is 3.26. The van der Waals surface area contributed by atoms with E-state index in [4.69, 9.17) is 4.74 Å². The zero-order chi connectivity index (χ0) is 23.1. The molecule has 0 radical (unpaired) electrons. The minimum absolute atomic E-state index is 0.0239. The molecule has 5 nitrogen and oxygen atoms in total. The zero-order valence-corrected chi connectivity index (χ0v) is 19.1. The van der Waals surface area contributed by atoms with Gasteiger partial charge < -0.3 is 14.5 Å². The fourth-order valence-electron chi connectivity index (χ4n) is 4.62. The van der Waals surface area contributed by atoms with Crippen molar-refractivity contribution >= 4 is 17.9 Å². The van der Waals surface area contributed by atoms with Crippen LogP contribution in [0.3, 0.4) is 0 Å². The molecule has 0 unspecified atom stereocenters. The van der Waals surface area contributed by atoms with Crippen molar-refractivity contribution in [2.24, 2.45) is 5.41 Å². The fourth-order valence-corrected chi connectivity index (χ4v) is 4.62. The number of rotatable bonds is 4. The van der Waals surface area contributed by atoms with E-state index in [1.54, 1.807) is 6.08 Å². The third-order valence-electron chi connectivity index (χ3n) is 6.57. The molecule has 33 heavy (non-hydrogen) atoms. The molecule has 2 aromatic rings. The third-order valence-corrected chi connectivity index (χ3v) is 6.57. The zero-order valence-electron chi connectivity index (χ0n) is 19.1. The highest BCUT2D eigenvalue weighted by Crippen LogP contribution is 2.40. The highest BCUT2D eigenvalue weighted by atomic mass is 16.5. The maximum atomic E-state index is 12.8. The van der Waals surface area contributed by atoms with Gasteiger partial charge in [-0.15, -0.1) is 0 Å². The predicted octanol–water partition coefficient (Wildman–Crippen LogP) is 3.99. The summed E-state index contributed by atoms with van der Waals surface area (Å²) in [6, 6.07) is 17.3. The highest BCUT2D eigenvalue weighted by molar-refractivity contribution is 5.94. The molecule has 4 rings (SSSR count). The van der Waals surface area contributed by atoms with E-state index in [1.165, 1.54) is 0 Å². The van der Waals surface area contributed by atoms with E-state index in [9.17, 15) is 9.59 Å². The van der Waals surface area contributed by atoms with E-state index < -0.39 is 0 Å². The molecule has 170 valence electrons. The molecule has 2 aromatic carbocycles. The average molecular weight is 443 g/mol. The summed E-state index contributed by atoms with van der Waals surface area (Å²) in [5, 5.41) is 0. The monoisotopic (exact) mass is 442 g/mol. The second kappa shape index (κ2) is 10.4. The lowest BCUT2D eigenvalue weighted by Crippen LogP contribution is -2.44. The molecule has 0 N–H and O–H groups in total. The highest BCUT2D eigenvalue weighted by Gasteiger charge is 2.42. The van der Waals surface area contributed by atoms with Crippen LogP contribution in [0.2, 0.25) is 0 Å². The quantitative estimate of drug-likeness (QED) is 0.531. The number of likely N-dealkylation sites (tertiary alicyclic amines) is 2. The van der Waals surface area contributed by atoms with Crippen molar-refractivity contribution in [1.29, 1.82) is 0 Å². The van der Waals surface area contributed by atoms with Gasteiger partial charge in [-0.05, 0) is 55.9 Å². The van der Waals surface area contributed by atoms with Gasteiger partial charge in [-0.25, -0.2) is 0 Å². The van der Waals surface area contributed by atoms with Crippen LogP contribution in [0.5, 0.6) is 5.75 Å². The van der Waals surface area contributed by atoms with Crippen molar-refractivity contribution in [1.82, 2.24) is 9.80 Å². The van der Waals surface area contributed by atoms with E-state index in [1.807, 2.05) is 77.4 Å². The lowest BCUT2D eigenvalue weighted by Gasteiger charge is -2.38. The summed E-state index contributed by atoms with van der Waals surface area (Å²) in [7, 11) is 0. The molecular weight excluding hydrogens is 412 g/mol. The van der Waals surface area contributed by atoms with Gasteiger partial charge in [0, 0.05) is 49.3 Å². The molecule has 0 atom stereocenters. The maximum Gasteiger partial charge on any atom is 0.298 e. The molecule has 0 aromatic heterocycles. The molecule has 2 heterocycles. The summed E-state index contributed by atoms with van der Waals surface area (Å²) < 4.78 is 5.63. The summed E-state index contributed by atoms with van der Waals surface area (Å²) in [4.78, 5) is 29.1. The van der Waals surface area contributed by atoms with Gasteiger partial charge in [-0.1, -0.05) is 42.3 Å². The number of hydrogen-bond acceptors (Lipinski definition) is 3. The first-order chi connectivity index (χ1) is 16.1. The van der Waals surface area contributed by atoms with Gasteiger partial charge in [0.25, 0.3) is 5.91 Å². The molecule has 1 spiro atoms. The van der Waals surface area contributed by atoms with Crippen molar-refractivity contribution in [3.63, 3.8) is 0 Å². The van der Waals surface area contributed by atoms with Crippen LogP contribution in [0.15, 0.2) is 60.7 Å². The van der Waals surface area contributed by atoms with E-state index in [0.717, 1.165) is 49.2 Å². The second-order valence-electron chi connectivity index (χ2n) is 8.72. The van der Waals surface area contributed by atoms with Crippen molar-refractivity contribution in [3.05, 3.63) is 71.8 Å². The number of para-hydroxylation sites is 1. The standard InChI is InChI=1S/C28H30N2O3/c1-2-33-25-11-7-6-10-24(25)13-15-26(31)29-19-16-28(17-20-29)18-21-30(22-28)27(32)14-12-23-8-4-3-5-9-23/h3-11,13,15H,2,16-22H2,1H3/b15-13+. The topological polar surface area (TPSA) is 49.9 Å². The van der Waals surface area contributed by atoms with Crippen LogP contribution in [-0.2, 0) is 9.59 Å². The van der Waals surface area contributed by atoms with E-state index >= 15 is 0 Å². The summed E-state index contributed by atoms with van der Waals surface area (Å²) in [5.74, 6) is 6.45. The van der Waals surface area contributed by atoms with E-state index in [-0.39, 0.29) is 17.2 Å². The fraction of sp³-hybridized carbons (Fsp3) is 0.357. The molecular formula is C28H30N2O3. The Balaban J connectivity index is 1.30. The number of ether oxygens (including phenoxy) is 1. The first-order valence-corrected chi connectivity index (χ1v) is 11.6. The maximum absolute atomic E-state index is 12.8. The summed E-state index contributed by atoms with van der Waals surface area (Å²) in [6.45, 7) is 5.44. The Kier molecular flexibility index (Phi) is 7.14. The normalized spacial score (nSPS) is 17.1. The molecule has 2 saturated heterocycles. The summed E-state index contributed by atoms with van der Waals surface area (Å²) in [6.07, 6.45) is 6.28. The first kappa shape index (κ1) is 22.7. The minimum atomic E-state index is -0.106. The van der Waals surface area contributed by atoms with Crippen molar-refractivity contribution < 1.29 is 14.3 Å². The molecule has 0 bridgehead atoms. The van der Waals surface area contributed by atoms with Gasteiger partial charge in [0.2, 0.25) is 5.91 Å². The molecule has 0 aliphatic carbocycles. The van der Waals surface area contributed by atoms with Gasteiger partial charge >= 0.3 is 0 Å². The van der Waals surface area contributed by atoms with Crippen LogP contribution >= 0.6 is 0 Å². The number of carbonyl (C=O) groups is 2. The van der Waals surface area contributed by atoms with Crippen molar-refractivity contribution in [3.8, 4) is 17.6 Å². The van der Waals surface area contributed by atoms with E-state index in [0.29, 0.717) is 19.7 Å². The third kappa shape index (κ3) is 5.64. The van der Waals surface area contributed by atoms with Crippen molar-refractivity contribution in [2.45, 2.75) is 26.2 Å².